The summed E-state index contributed by atoms with van der Waals surface area (Å²) in [6.07, 6.45) is 1.34. The topological polar surface area (TPSA) is 79.8 Å². The Morgan fingerprint density at radius 3 is 2.50 bits per heavy atom. The molecule has 0 aliphatic carbocycles. The Balaban J connectivity index is 2.06. The van der Waals surface area contributed by atoms with Crippen molar-refractivity contribution in [1.29, 1.82) is 0 Å². The van der Waals surface area contributed by atoms with Crippen molar-refractivity contribution in [3.05, 3.63) is 62.6 Å². The number of carbonyl (C=O) groups excluding carboxylic acids is 2. The number of amides is 2. The Morgan fingerprint density at radius 2 is 1.82 bits per heavy atom. The molecule has 0 saturated carbocycles. The summed E-state index contributed by atoms with van der Waals surface area (Å²) in [5.74, 6) is -1.15. The van der Waals surface area contributed by atoms with E-state index in [1.165, 1.54) is 6.21 Å². The van der Waals surface area contributed by atoms with Crippen LogP contribution < -0.4 is 15.5 Å². The minimum atomic E-state index is -0.870. The predicted molar refractivity (Wildman–Crippen MR) is 111 cm³/mol. The second kappa shape index (κ2) is 10.3. The molecule has 2 aromatic rings. The van der Waals surface area contributed by atoms with Gasteiger partial charge in [0.25, 0.3) is 0 Å². The zero-order valence-electron chi connectivity index (χ0n) is 15.1. The van der Waals surface area contributed by atoms with Crippen molar-refractivity contribution in [2.45, 2.75) is 26.5 Å². The van der Waals surface area contributed by atoms with E-state index in [4.69, 9.17) is 39.5 Å². The molecule has 28 heavy (non-hydrogen) atoms. The number of ether oxygens (including phenoxy) is 1. The Morgan fingerprint density at radius 1 is 1.07 bits per heavy atom. The van der Waals surface area contributed by atoms with Crippen LogP contribution in [0, 0.1) is 0 Å². The number of hydrogen-bond donors (Lipinski definition) is 2. The zero-order chi connectivity index (χ0) is 20.7. The zero-order valence-corrected chi connectivity index (χ0v) is 17.4. The minimum Gasteiger partial charge on any atom is -0.488 e. The third kappa shape index (κ3) is 6.71. The van der Waals surface area contributed by atoms with Crippen LogP contribution in [0.2, 0.25) is 15.1 Å². The number of nitrogens with one attached hydrogen (secondary N) is 2. The maximum atomic E-state index is 11.7. The Hall–Kier alpha value is -2.28. The first-order valence-electron chi connectivity index (χ1n) is 8.26. The van der Waals surface area contributed by atoms with Gasteiger partial charge in [-0.15, -0.1) is 0 Å². The number of rotatable bonds is 6. The minimum absolute atomic E-state index is 0.156. The van der Waals surface area contributed by atoms with Gasteiger partial charge in [-0.2, -0.15) is 5.10 Å². The van der Waals surface area contributed by atoms with Crippen LogP contribution in [0.5, 0.6) is 5.75 Å². The number of benzene rings is 2. The molecule has 0 aliphatic rings. The highest BCUT2D eigenvalue weighted by molar-refractivity contribution is 6.42. The van der Waals surface area contributed by atoms with E-state index < -0.39 is 11.8 Å². The van der Waals surface area contributed by atoms with Crippen molar-refractivity contribution >= 4 is 52.8 Å². The standard InChI is InChI=1S/C19H18Cl3N3O3/c1-11(2)24-18(26)19(27)25-23-9-13-8-14(20)4-6-17(13)28-10-12-3-5-15(21)16(22)7-12/h3-9,11H,10H2,1-2H3,(H,24,26)(H,25,27)/b23-9-. The smallest absolute Gasteiger partial charge is 0.329 e. The highest BCUT2D eigenvalue weighted by Crippen LogP contribution is 2.25. The summed E-state index contributed by atoms with van der Waals surface area (Å²) in [5.41, 5.74) is 3.51. The van der Waals surface area contributed by atoms with Gasteiger partial charge in [0.15, 0.2) is 0 Å². The number of nitrogens with zero attached hydrogens (tertiary/aromatic N) is 1. The second-order valence-corrected chi connectivity index (χ2v) is 7.30. The van der Waals surface area contributed by atoms with Gasteiger partial charge < -0.3 is 10.1 Å². The fourth-order valence-corrected chi connectivity index (χ4v) is 2.58. The molecular formula is C19H18Cl3N3O3. The van der Waals surface area contributed by atoms with E-state index in [-0.39, 0.29) is 12.6 Å². The van der Waals surface area contributed by atoms with Gasteiger partial charge in [-0.3, -0.25) is 9.59 Å². The molecule has 0 spiro atoms. The molecular weight excluding hydrogens is 425 g/mol. The first kappa shape index (κ1) is 22.0. The van der Waals surface area contributed by atoms with E-state index in [9.17, 15) is 9.59 Å². The van der Waals surface area contributed by atoms with Crippen LogP contribution >= 0.6 is 34.8 Å². The quantitative estimate of drug-likeness (QED) is 0.400. The van der Waals surface area contributed by atoms with Crippen LogP contribution in [0.4, 0.5) is 0 Å². The van der Waals surface area contributed by atoms with Gasteiger partial charge in [0.2, 0.25) is 0 Å². The molecule has 0 bridgehead atoms. The second-order valence-electron chi connectivity index (χ2n) is 6.05. The van der Waals surface area contributed by atoms with E-state index in [2.05, 4.69) is 15.8 Å². The van der Waals surface area contributed by atoms with E-state index in [1.54, 1.807) is 50.2 Å². The fraction of sp³-hybridized carbons (Fsp3) is 0.211. The van der Waals surface area contributed by atoms with Gasteiger partial charge >= 0.3 is 11.8 Å². The molecule has 0 saturated heterocycles. The van der Waals surface area contributed by atoms with E-state index in [1.807, 2.05) is 0 Å². The lowest BCUT2D eigenvalue weighted by Gasteiger charge is -2.10. The molecule has 0 radical (unpaired) electrons. The molecule has 0 atom stereocenters. The van der Waals surface area contributed by atoms with Crippen LogP contribution in [-0.2, 0) is 16.2 Å². The summed E-state index contributed by atoms with van der Waals surface area (Å²) in [4.78, 5) is 23.2. The first-order valence-corrected chi connectivity index (χ1v) is 9.40. The van der Waals surface area contributed by atoms with Crippen LogP contribution in [0.15, 0.2) is 41.5 Å². The molecule has 6 nitrogen and oxygen atoms in total. The van der Waals surface area contributed by atoms with Crippen molar-refractivity contribution in [3.8, 4) is 5.75 Å². The van der Waals surface area contributed by atoms with Gasteiger partial charge in [0, 0.05) is 16.6 Å². The average molecular weight is 443 g/mol. The normalized spacial score (nSPS) is 10.9. The largest absolute Gasteiger partial charge is 0.488 e. The van der Waals surface area contributed by atoms with Crippen LogP contribution in [0.1, 0.15) is 25.0 Å². The summed E-state index contributed by atoms with van der Waals surface area (Å²) >= 11 is 17.9. The van der Waals surface area contributed by atoms with Crippen molar-refractivity contribution in [2.24, 2.45) is 5.10 Å². The molecule has 2 aromatic carbocycles. The molecule has 9 heteroatoms. The van der Waals surface area contributed by atoms with Crippen LogP contribution in [-0.4, -0.2) is 24.1 Å². The number of hydrogen-bond acceptors (Lipinski definition) is 4. The maximum Gasteiger partial charge on any atom is 0.329 e. The van der Waals surface area contributed by atoms with E-state index in [0.717, 1.165) is 5.56 Å². The molecule has 0 fully saturated rings. The summed E-state index contributed by atoms with van der Waals surface area (Å²) < 4.78 is 5.79. The van der Waals surface area contributed by atoms with Crippen LogP contribution in [0.25, 0.3) is 0 Å². The summed E-state index contributed by atoms with van der Waals surface area (Å²) in [5, 5.41) is 7.62. The van der Waals surface area contributed by atoms with Gasteiger partial charge in [0.05, 0.1) is 16.3 Å². The van der Waals surface area contributed by atoms with Gasteiger partial charge in [-0.1, -0.05) is 40.9 Å². The predicted octanol–water partition coefficient (Wildman–Crippen LogP) is 4.20. The van der Waals surface area contributed by atoms with Crippen molar-refractivity contribution < 1.29 is 14.3 Å². The molecule has 0 aliphatic heterocycles. The summed E-state index contributed by atoms with van der Waals surface area (Å²) in [6.45, 7) is 3.73. The SMILES string of the molecule is CC(C)NC(=O)C(=O)N/N=C\c1cc(Cl)ccc1OCc1ccc(Cl)c(Cl)c1. The molecule has 2 rings (SSSR count). The lowest BCUT2D eigenvalue weighted by atomic mass is 10.2. The lowest BCUT2D eigenvalue weighted by Crippen LogP contribution is -2.41. The fourth-order valence-electron chi connectivity index (χ4n) is 2.08. The van der Waals surface area contributed by atoms with E-state index in [0.29, 0.717) is 26.4 Å². The Labute approximate surface area is 177 Å². The molecule has 0 heterocycles. The number of carbonyl (C=O) groups is 2. The molecule has 2 N–H and O–H groups in total. The molecule has 0 aromatic heterocycles. The average Bonchev–Trinajstić information content (AvgIpc) is 2.63. The van der Waals surface area contributed by atoms with Gasteiger partial charge in [-0.05, 0) is 49.7 Å². The monoisotopic (exact) mass is 441 g/mol. The van der Waals surface area contributed by atoms with Gasteiger partial charge in [-0.25, -0.2) is 5.43 Å². The molecule has 0 unspecified atom stereocenters. The number of halogens is 3. The summed E-state index contributed by atoms with van der Waals surface area (Å²) in [6, 6.07) is 10.00. The van der Waals surface area contributed by atoms with Gasteiger partial charge in [0.1, 0.15) is 12.4 Å². The lowest BCUT2D eigenvalue weighted by molar-refractivity contribution is -0.139. The van der Waals surface area contributed by atoms with Crippen molar-refractivity contribution in [2.75, 3.05) is 0 Å². The maximum absolute atomic E-state index is 11.7. The summed E-state index contributed by atoms with van der Waals surface area (Å²) in [7, 11) is 0. The first-order chi connectivity index (χ1) is 13.3. The molecule has 148 valence electrons. The third-order valence-corrected chi connectivity index (χ3v) is 4.32. The van der Waals surface area contributed by atoms with Crippen molar-refractivity contribution in [3.63, 3.8) is 0 Å². The Kier molecular flexibility index (Phi) is 8.11. The Bertz CT molecular complexity index is 901. The highest BCUT2D eigenvalue weighted by Gasteiger charge is 2.13. The number of hydrazone groups is 1. The van der Waals surface area contributed by atoms with Crippen molar-refractivity contribution in [1.82, 2.24) is 10.7 Å². The van der Waals surface area contributed by atoms with Crippen LogP contribution in [0.3, 0.4) is 0 Å². The third-order valence-electron chi connectivity index (χ3n) is 3.35. The highest BCUT2D eigenvalue weighted by atomic mass is 35.5. The molecule has 2 amide bonds. The van der Waals surface area contributed by atoms with E-state index >= 15 is 0 Å².